The van der Waals surface area contributed by atoms with Crippen LogP contribution in [0.25, 0.3) is 33.2 Å². The minimum Gasteiger partial charge on any atom is -0.423 e. The molecule has 0 bridgehead atoms. The van der Waals surface area contributed by atoms with Gasteiger partial charge in [-0.2, -0.15) is 0 Å². The van der Waals surface area contributed by atoms with Crippen molar-refractivity contribution in [1.29, 1.82) is 0 Å². The highest BCUT2D eigenvalue weighted by Crippen LogP contribution is 2.22. The van der Waals surface area contributed by atoms with Crippen LogP contribution in [0.3, 0.4) is 0 Å². The quantitative estimate of drug-likeness (QED) is 0.294. The van der Waals surface area contributed by atoms with E-state index in [-0.39, 0.29) is 11.4 Å². The minimum absolute atomic E-state index is 0.00617. The molecule has 0 fully saturated rings. The Balaban J connectivity index is 0.000000148. The lowest BCUT2D eigenvalue weighted by molar-refractivity contribution is 0.425. The van der Waals surface area contributed by atoms with Crippen LogP contribution in [0, 0.1) is 0 Å². The summed E-state index contributed by atoms with van der Waals surface area (Å²) in [5.74, 6) is 0. The molecule has 40 heavy (non-hydrogen) atoms. The smallest absolute Gasteiger partial charge is 0.423 e. The monoisotopic (exact) mass is 602 g/mol. The van der Waals surface area contributed by atoms with Crippen molar-refractivity contribution in [3.05, 3.63) is 111 Å². The van der Waals surface area contributed by atoms with Crippen molar-refractivity contribution in [2.45, 2.75) is 0 Å². The molecule has 0 radical (unpaired) electrons. The van der Waals surface area contributed by atoms with Gasteiger partial charge in [0.15, 0.2) is 0 Å². The molecule has 0 aliphatic carbocycles. The maximum Gasteiger partial charge on any atom is 0.490 e. The highest BCUT2D eigenvalue weighted by Gasteiger charge is 2.10. The lowest BCUT2D eigenvalue weighted by Crippen LogP contribution is -2.29. The maximum atomic E-state index is 11.8. The topological polar surface area (TPSA) is 120 Å². The van der Waals surface area contributed by atoms with Gasteiger partial charge in [0.2, 0.25) is 0 Å². The molecule has 0 unspecified atom stereocenters. The largest absolute Gasteiger partial charge is 0.490 e. The second-order valence-corrected chi connectivity index (χ2v) is 9.96. The zero-order valence-corrected chi connectivity index (χ0v) is 24.0. The molecule has 204 valence electrons. The minimum atomic E-state index is -1.40. The number of rotatable bonds is 2. The second kappa shape index (κ2) is 12.3. The van der Waals surface area contributed by atoms with E-state index in [1.165, 1.54) is 6.20 Å². The van der Waals surface area contributed by atoms with Gasteiger partial charge in [-0.25, -0.2) is 9.59 Å². The number of benzene rings is 2. The van der Waals surface area contributed by atoms with Crippen molar-refractivity contribution in [3.8, 4) is 11.1 Å². The van der Waals surface area contributed by atoms with Crippen molar-refractivity contribution < 1.29 is 10.0 Å². The molecule has 0 spiro atoms. The summed E-state index contributed by atoms with van der Waals surface area (Å²) < 4.78 is 7.58. The third kappa shape index (κ3) is 5.99. The molecule has 6 rings (SSSR count). The van der Waals surface area contributed by atoms with E-state index in [4.69, 9.17) is 10.0 Å². The average molecular weight is 603 g/mol. The van der Waals surface area contributed by atoms with Gasteiger partial charge in [-0.1, -0.05) is 34.1 Å². The fraction of sp³-hybridized carbons (Fsp3) is 0.143. The Morgan fingerprint density at radius 2 is 1.18 bits per heavy atom. The van der Waals surface area contributed by atoms with E-state index in [9.17, 15) is 9.59 Å². The number of aromatic nitrogens is 6. The molecule has 0 saturated heterocycles. The Bertz CT molecular complexity index is 1880. The van der Waals surface area contributed by atoms with E-state index in [1.54, 1.807) is 71.0 Å². The summed E-state index contributed by atoms with van der Waals surface area (Å²) in [6.45, 7) is 0. The molecule has 0 aliphatic rings. The molecule has 6 aromatic rings. The molecule has 0 atom stereocenters. The van der Waals surface area contributed by atoms with Gasteiger partial charge in [0.1, 0.15) is 0 Å². The predicted octanol–water partition coefficient (Wildman–Crippen LogP) is 2.34. The Labute approximate surface area is 238 Å². The van der Waals surface area contributed by atoms with Gasteiger partial charge in [0.25, 0.3) is 0 Å². The van der Waals surface area contributed by atoms with E-state index in [1.807, 2.05) is 54.7 Å². The van der Waals surface area contributed by atoms with Gasteiger partial charge in [-0.15, -0.1) is 0 Å². The van der Waals surface area contributed by atoms with Crippen molar-refractivity contribution >= 4 is 50.6 Å². The number of pyridine rings is 2. The highest BCUT2D eigenvalue weighted by atomic mass is 79.9. The number of aryl methyl sites for hydroxylation is 4. The Hall–Kier alpha value is -4.26. The number of imidazole rings is 2. The summed E-state index contributed by atoms with van der Waals surface area (Å²) in [5, 5.41) is 17.1. The summed E-state index contributed by atoms with van der Waals surface area (Å²) in [6.07, 6.45) is 6.55. The van der Waals surface area contributed by atoms with E-state index < -0.39 is 7.12 Å². The lowest BCUT2D eigenvalue weighted by Gasteiger charge is -2.02. The van der Waals surface area contributed by atoms with Gasteiger partial charge in [0, 0.05) is 68.5 Å². The zero-order valence-electron chi connectivity index (χ0n) is 22.4. The summed E-state index contributed by atoms with van der Waals surface area (Å²) in [6, 6.07) is 19.0. The van der Waals surface area contributed by atoms with Crippen LogP contribution in [0.5, 0.6) is 0 Å². The molecule has 2 N–H and O–H groups in total. The summed E-state index contributed by atoms with van der Waals surface area (Å²) in [7, 11) is 5.72. The number of hydrogen-bond donors (Lipinski definition) is 2. The van der Waals surface area contributed by atoms with E-state index in [0.717, 1.165) is 37.7 Å². The van der Waals surface area contributed by atoms with Crippen LogP contribution in [0.4, 0.5) is 0 Å². The van der Waals surface area contributed by atoms with Crippen molar-refractivity contribution in [2.24, 2.45) is 28.2 Å². The van der Waals surface area contributed by atoms with Gasteiger partial charge in [-0.3, -0.25) is 28.2 Å². The van der Waals surface area contributed by atoms with E-state index in [0.29, 0.717) is 5.46 Å². The number of halogens is 1. The number of hydrogen-bond acceptors (Lipinski definition) is 6. The number of nitrogens with zero attached hydrogens (tertiary/aromatic N) is 6. The molecule has 0 saturated carbocycles. The third-order valence-electron chi connectivity index (χ3n) is 6.48. The molecular weight excluding hydrogens is 575 g/mol. The first-order valence-corrected chi connectivity index (χ1v) is 13.0. The highest BCUT2D eigenvalue weighted by molar-refractivity contribution is 9.10. The molecular formula is C28H28BBrN6O4. The fourth-order valence-corrected chi connectivity index (χ4v) is 4.58. The van der Waals surface area contributed by atoms with Crippen LogP contribution < -0.4 is 16.8 Å². The van der Waals surface area contributed by atoms with Gasteiger partial charge in [0.05, 0.1) is 22.1 Å². The maximum absolute atomic E-state index is 11.8. The first kappa shape index (κ1) is 28.7. The third-order valence-corrected chi connectivity index (χ3v) is 6.98. The summed E-state index contributed by atoms with van der Waals surface area (Å²) in [5.41, 5.74) is 6.31. The first-order chi connectivity index (χ1) is 19.1. The SMILES string of the molecule is Cn1c(=O)n(C)c2cc(-c3cccnc3)ccc21.Cn1c(=O)n(C)c2cc(Br)ccc21.OB(O)c1cccnc1. The van der Waals surface area contributed by atoms with Gasteiger partial charge < -0.3 is 10.0 Å². The Kier molecular flexibility index (Phi) is 8.83. The van der Waals surface area contributed by atoms with Crippen LogP contribution in [-0.2, 0) is 28.2 Å². The molecule has 10 nitrogen and oxygen atoms in total. The predicted molar refractivity (Wildman–Crippen MR) is 161 cm³/mol. The normalized spacial score (nSPS) is 10.6. The molecule has 12 heteroatoms. The Morgan fingerprint density at radius 1 is 0.650 bits per heavy atom. The summed E-state index contributed by atoms with van der Waals surface area (Å²) in [4.78, 5) is 31.2. The van der Waals surface area contributed by atoms with E-state index >= 15 is 0 Å². The molecule has 4 heterocycles. The van der Waals surface area contributed by atoms with Crippen molar-refractivity contribution in [3.63, 3.8) is 0 Å². The molecule has 0 aliphatic heterocycles. The van der Waals surface area contributed by atoms with Gasteiger partial charge in [-0.05, 0) is 48.0 Å². The fourth-order valence-electron chi connectivity index (χ4n) is 4.23. The van der Waals surface area contributed by atoms with Crippen LogP contribution in [0.15, 0.2) is 99.5 Å². The molecule has 0 amide bonds. The van der Waals surface area contributed by atoms with Crippen molar-refractivity contribution in [1.82, 2.24) is 28.2 Å². The standard InChI is InChI=1S/C14H13N3O.C9H9BrN2O.C5H6BNO2/c1-16-12-6-5-10(11-4-3-7-15-9-11)8-13(12)17(2)14(16)18;1-11-7-4-3-6(10)5-8(7)12(2)9(11)13;8-6(9)5-2-1-3-7-4-5/h3-9H,1-2H3;3-5H,1-2H3;1-4,8-9H. The zero-order chi connectivity index (χ0) is 29.0. The Morgan fingerprint density at radius 3 is 1.68 bits per heavy atom. The van der Waals surface area contributed by atoms with Crippen molar-refractivity contribution in [2.75, 3.05) is 0 Å². The van der Waals surface area contributed by atoms with Gasteiger partial charge >= 0.3 is 18.5 Å². The van der Waals surface area contributed by atoms with Crippen LogP contribution in [-0.4, -0.2) is 45.4 Å². The van der Waals surface area contributed by atoms with Crippen LogP contribution in [0.2, 0.25) is 0 Å². The van der Waals surface area contributed by atoms with Crippen LogP contribution in [0.1, 0.15) is 0 Å². The summed E-state index contributed by atoms with van der Waals surface area (Å²) >= 11 is 3.38. The molecule has 4 aromatic heterocycles. The van der Waals surface area contributed by atoms with E-state index in [2.05, 4.69) is 25.9 Å². The average Bonchev–Trinajstić information content (AvgIpc) is 3.33. The first-order valence-electron chi connectivity index (χ1n) is 12.2. The number of fused-ring (bicyclic) bond motifs is 2. The molecule has 2 aromatic carbocycles. The second-order valence-electron chi connectivity index (χ2n) is 9.04. The lowest BCUT2D eigenvalue weighted by atomic mass is 9.82. The van der Waals surface area contributed by atoms with Crippen LogP contribution >= 0.6 is 15.9 Å².